The molecule has 0 saturated heterocycles. The van der Waals surface area contributed by atoms with Crippen LogP contribution >= 0.6 is 0 Å². The standard InChI is InChI=1S/C14H14F6O2/c1-12(2,3)8-4-6-9(7-5-8)22-11(21)10(13(15,16)17)14(18,19)20/h4-7,10H,1-3H3. The Morgan fingerprint density at radius 1 is 0.909 bits per heavy atom. The van der Waals surface area contributed by atoms with Crippen molar-refractivity contribution in [2.45, 2.75) is 38.5 Å². The molecule has 0 bridgehead atoms. The fraction of sp³-hybridized carbons (Fsp3) is 0.500. The van der Waals surface area contributed by atoms with Crippen LogP contribution < -0.4 is 4.74 Å². The molecular weight excluding hydrogens is 314 g/mol. The highest BCUT2D eigenvalue weighted by atomic mass is 19.4. The smallest absolute Gasteiger partial charge is 0.411 e. The zero-order valence-corrected chi connectivity index (χ0v) is 12.0. The van der Waals surface area contributed by atoms with Crippen LogP contribution in [-0.2, 0) is 10.2 Å². The Kier molecular flexibility index (Phi) is 4.84. The van der Waals surface area contributed by atoms with E-state index in [1.807, 2.05) is 20.8 Å². The molecule has 2 nitrogen and oxygen atoms in total. The van der Waals surface area contributed by atoms with E-state index in [1.165, 1.54) is 12.1 Å². The van der Waals surface area contributed by atoms with Crippen LogP contribution in [0.3, 0.4) is 0 Å². The van der Waals surface area contributed by atoms with Crippen LogP contribution in [0.4, 0.5) is 26.3 Å². The van der Waals surface area contributed by atoms with Crippen molar-refractivity contribution in [3.05, 3.63) is 29.8 Å². The Morgan fingerprint density at radius 2 is 1.32 bits per heavy atom. The molecule has 124 valence electrons. The number of ether oxygens (including phenoxy) is 1. The third-order valence-corrected chi connectivity index (χ3v) is 2.83. The number of benzene rings is 1. The zero-order chi connectivity index (χ0) is 17.3. The number of hydrogen-bond acceptors (Lipinski definition) is 2. The molecule has 0 spiro atoms. The lowest BCUT2D eigenvalue weighted by Crippen LogP contribution is -2.44. The summed E-state index contributed by atoms with van der Waals surface area (Å²) in [5.74, 6) is -6.94. The van der Waals surface area contributed by atoms with E-state index < -0.39 is 24.2 Å². The van der Waals surface area contributed by atoms with Crippen LogP contribution in [0.2, 0.25) is 0 Å². The van der Waals surface area contributed by atoms with Crippen LogP contribution in [-0.4, -0.2) is 18.3 Å². The van der Waals surface area contributed by atoms with E-state index in [1.54, 1.807) is 0 Å². The SMILES string of the molecule is CC(C)(C)c1ccc(OC(=O)C(C(F)(F)F)C(F)(F)F)cc1. The Balaban J connectivity index is 2.96. The third-order valence-electron chi connectivity index (χ3n) is 2.83. The van der Waals surface area contributed by atoms with Gasteiger partial charge in [-0.1, -0.05) is 32.9 Å². The molecule has 1 aromatic rings. The molecule has 0 saturated carbocycles. The lowest BCUT2D eigenvalue weighted by atomic mass is 9.87. The second-order valence-corrected chi connectivity index (χ2v) is 5.71. The summed E-state index contributed by atoms with van der Waals surface area (Å²) in [5.41, 5.74) is 0.527. The van der Waals surface area contributed by atoms with Gasteiger partial charge in [-0.15, -0.1) is 0 Å². The summed E-state index contributed by atoms with van der Waals surface area (Å²) in [6.07, 6.45) is -11.5. The lowest BCUT2D eigenvalue weighted by molar-refractivity contribution is -0.279. The molecule has 0 unspecified atom stereocenters. The molecule has 0 amide bonds. The summed E-state index contributed by atoms with van der Waals surface area (Å²) in [5, 5.41) is 0. The van der Waals surface area contributed by atoms with Gasteiger partial charge < -0.3 is 4.74 Å². The normalized spacial score (nSPS) is 13.4. The first-order valence-corrected chi connectivity index (χ1v) is 6.18. The van der Waals surface area contributed by atoms with E-state index in [2.05, 4.69) is 4.74 Å². The highest BCUT2D eigenvalue weighted by Crippen LogP contribution is 2.40. The van der Waals surface area contributed by atoms with Gasteiger partial charge in [-0.25, -0.2) is 0 Å². The molecule has 0 N–H and O–H groups in total. The average Bonchev–Trinajstić information content (AvgIpc) is 2.23. The summed E-state index contributed by atoms with van der Waals surface area (Å²) in [6, 6.07) is 5.25. The first-order chi connectivity index (χ1) is 9.73. The number of esters is 1. The summed E-state index contributed by atoms with van der Waals surface area (Å²) in [7, 11) is 0. The van der Waals surface area contributed by atoms with Crippen molar-refractivity contribution < 1.29 is 35.9 Å². The number of rotatable bonds is 2. The summed E-state index contributed by atoms with van der Waals surface area (Å²) in [6.45, 7) is 5.62. The van der Waals surface area contributed by atoms with Crippen molar-refractivity contribution in [3.63, 3.8) is 0 Å². The van der Waals surface area contributed by atoms with Crippen molar-refractivity contribution in [2.75, 3.05) is 0 Å². The Bertz CT molecular complexity index is 508. The molecule has 0 aliphatic carbocycles. The minimum Gasteiger partial charge on any atom is -0.426 e. The van der Waals surface area contributed by atoms with Crippen molar-refractivity contribution in [3.8, 4) is 5.75 Å². The van der Waals surface area contributed by atoms with Gasteiger partial charge in [-0.05, 0) is 23.1 Å². The van der Waals surface area contributed by atoms with Crippen molar-refractivity contribution >= 4 is 5.97 Å². The maximum atomic E-state index is 12.4. The van der Waals surface area contributed by atoms with E-state index in [0.717, 1.165) is 17.7 Å². The van der Waals surface area contributed by atoms with Gasteiger partial charge in [0.1, 0.15) is 5.75 Å². The maximum absolute atomic E-state index is 12.4. The van der Waals surface area contributed by atoms with Crippen LogP contribution in [0.25, 0.3) is 0 Å². The van der Waals surface area contributed by atoms with Crippen molar-refractivity contribution in [2.24, 2.45) is 5.92 Å². The molecule has 0 fully saturated rings. The van der Waals surface area contributed by atoms with Crippen LogP contribution in [0.15, 0.2) is 24.3 Å². The molecule has 0 atom stereocenters. The molecule has 1 aromatic carbocycles. The number of carbonyl (C=O) groups excluding carboxylic acids is 1. The average molecular weight is 328 g/mol. The first kappa shape index (κ1) is 18.3. The molecule has 0 radical (unpaired) electrons. The molecule has 1 rings (SSSR count). The van der Waals surface area contributed by atoms with E-state index in [0.29, 0.717) is 0 Å². The molecular formula is C14H14F6O2. The van der Waals surface area contributed by atoms with Gasteiger partial charge in [0.05, 0.1) is 0 Å². The summed E-state index contributed by atoms with van der Waals surface area (Å²) >= 11 is 0. The predicted octanol–water partition coefficient (Wildman–Crippen LogP) is 4.63. The minimum atomic E-state index is -5.76. The van der Waals surface area contributed by atoms with Gasteiger partial charge in [0, 0.05) is 0 Å². The first-order valence-electron chi connectivity index (χ1n) is 6.18. The summed E-state index contributed by atoms with van der Waals surface area (Å²) < 4.78 is 78.4. The summed E-state index contributed by atoms with van der Waals surface area (Å²) in [4.78, 5) is 11.2. The number of alkyl halides is 6. The Morgan fingerprint density at radius 3 is 1.64 bits per heavy atom. The maximum Gasteiger partial charge on any atom is 0.411 e. The molecule has 0 heterocycles. The molecule has 0 aliphatic heterocycles. The van der Waals surface area contributed by atoms with Crippen molar-refractivity contribution in [1.82, 2.24) is 0 Å². The van der Waals surface area contributed by atoms with Gasteiger partial charge in [-0.3, -0.25) is 4.79 Å². The molecule has 0 aromatic heterocycles. The van der Waals surface area contributed by atoms with E-state index in [4.69, 9.17) is 0 Å². The quantitative estimate of drug-likeness (QED) is 0.449. The van der Waals surface area contributed by atoms with Crippen LogP contribution in [0, 0.1) is 5.92 Å². The monoisotopic (exact) mass is 328 g/mol. The lowest BCUT2D eigenvalue weighted by Gasteiger charge is -2.22. The second kappa shape index (κ2) is 5.81. The van der Waals surface area contributed by atoms with Crippen LogP contribution in [0.1, 0.15) is 26.3 Å². The van der Waals surface area contributed by atoms with E-state index in [9.17, 15) is 31.1 Å². The van der Waals surface area contributed by atoms with Crippen LogP contribution in [0.5, 0.6) is 5.75 Å². The fourth-order valence-corrected chi connectivity index (χ4v) is 1.65. The topological polar surface area (TPSA) is 26.3 Å². The number of hydrogen-bond donors (Lipinski definition) is 0. The minimum absolute atomic E-state index is 0.261. The van der Waals surface area contributed by atoms with Crippen molar-refractivity contribution in [1.29, 1.82) is 0 Å². The largest absolute Gasteiger partial charge is 0.426 e. The number of halogens is 6. The highest BCUT2D eigenvalue weighted by molar-refractivity contribution is 5.76. The number of carbonyl (C=O) groups is 1. The van der Waals surface area contributed by atoms with Gasteiger partial charge in [0.15, 0.2) is 0 Å². The van der Waals surface area contributed by atoms with Gasteiger partial charge in [0.25, 0.3) is 0 Å². The Labute approximate surface area is 123 Å². The van der Waals surface area contributed by atoms with E-state index >= 15 is 0 Å². The van der Waals surface area contributed by atoms with Gasteiger partial charge in [0.2, 0.25) is 5.92 Å². The molecule has 22 heavy (non-hydrogen) atoms. The zero-order valence-electron chi connectivity index (χ0n) is 12.0. The molecule has 0 aliphatic rings. The van der Waals surface area contributed by atoms with E-state index in [-0.39, 0.29) is 11.2 Å². The predicted molar refractivity (Wildman–Crippen MR) is 66.4 cm³/mol. The highest BCUT2D eigenvalue weighted by Gasteiger charge is 2.62. The third kappa shape index (κ3) is 4.64. The Hall–Kier alpha value is -1.73. The second-order valence-electron chi connectivity index (χ2n) is 5.71. The molecule has 8 heteroatoms. The van der Waals surface area contributed by atoms with Gasteiger partial charge >= 0.3 is 18.3 Å². The fourth-order valence-electron chi connectivity index (χ4n) is 1.65. The van der Waals surface area contributed by atoms with Gasteiger partial charge in [-0.2, -0.15) is 26.3 Å².